The van der Waals surface area contributed by atoms with Crippen LogP contribution in [0.1, 0.15) is 34.0 Å². The lowest BCUT2D eigenvalue weighted by Gasteiger charge is -2.36. The number of H-pyrrole nitrogens is 1. The fraction of sp³-hybridized carbons (Fsp3) is 0.250. The number of carbonyl (C=O) groups excluding carboxylic acids is 1. The van der Waals surface area contributed by atoms with Crippen LogP contribution in [0.3, 0.4) is 0 Å². The predicted molar refractivity (Wildman–Crippen MR) is 130 cm³/mol. The van der Waals surface area contributed by atoms with Gasteiger partial charge in [-0.15, -0.1) is 0 Å². The summed E-state index contributed by atoms with van der Waals surface area (Å²) in [6, 6.07) is 19.7. The summed E-state index contributed by atoms with van der Waals surface area (Å²) in [7, 11) is 1.60. The number of aromatic nitrogens is 1. The molecule has 5 nitrogen and oxygen atoms in total. The van der Waals surface area contributed by atoms with E-state index in [1.54, 1.807) is 12.0 Å². The molecule has 36 heavy (non-hydrogen) atoms. The molecule has 0 bridgehead atoms. The Bertz CT molecular complexity index is 1360. The van der Waals surface area contributed by atoms with Crippen LogP contribution in [0.2, 0.25) is 0 Å². The maximum absolute atomic E-state index is 13.3. The zero-order chi connectivity index (χ0) is 25.3. The molecule has 1 aromatic heterocycles. The molecule has 2 heterocycles. The molecule has 1 aliphatic heterocycles. The van der Waals surface area contributed by atoms with Crippen molar-refractivity contribution in [1.29, 1.82) is 0 Å². The molecule has 0 spiro atoms. The van der Waals surface area contributed by atoms with Crippen molar-refractivity contribution in [2.45, 2.75) is 25.2 Å². The third-order valence-electron chi connectivity index (χ3n) is 6.55. The van der Waals surface area contributed by atoms with E-state index < -0.39 is 17.8 Å². The molecule has 8 heteroatoms. The van der Waals surface area contributed by atoms with Crippen LogP contribution in [0.4, 0.5) is 13.2 Å². The topological polar surface area (TPSA) is 54.6 Å². The fourth-order valence-corrected chi connectivity index (χ4v) is 4.78. The van der Waals surface area contributed by atoms with Gasteiger partial charge in [-0.25, -0.2) is 0 Å². The second-order valence-electron chi connectivity index (χ2n) is 8.77. The zero-order valence-electron chi connectivity index (χ0n) is 19.6. The second kappa shape index (κ2) is 9.70. The number of aromatic amines is 1. The molecular formula is C28H25F3N2O3. The van der Waals surface area contributed by atoms with E-state index >= 15 is 0 Å². The van der Waals surface area contributed by atoms with Crippen molar-refractivity contribution >= 4 is 16.8 Å². The minimum Gasteiger partial charge on any atom is -0.497 e. The van der Waals surface area contributed by atoms with Gasteiger partial charge in [-0.05, 0) is 53.4 Å². The number of fused-ring (bicyclic) bond motifs is 3. The van der Waals surface area contributed by atoms with Crippen LogP contribution in [-0.2, 0) is 28.7 Å². The summed E-state index contributed by atoms with van der Waals surface area (Å²) in [6.07, 6.45) is -3.83. The summed E-state index contributed by atoms with van der Waals surface area (Å²) in [5, 5.41) is 0.980. The van der Waals surface area contributed by atoms with Crippen molar-refractivity contribution < 1.29 is 27.4 Å². The second-order valence-corrected chi connectivity index (χ2v) is 8.77. The number of nitrogens with zero attached hydrogens (tertiary/aromatic N) is 1. The van der Waals surface area contributed by atoms with Crippen LogP contribution in [0.5, 0.6) is 5.75 Å². The maximum Gasteiger partial charge on any atom is 0.416 e. The Morgan fingerprint density at radius 3 is 2.50 bits per heavy atom. The zero-order valence-corrected chi connectivity index (χ0v) is 19.6. The van der Waals surface area contributed by atoms with Crippen LogP contribution in [0.25, 0.3) is 10.9 Å². The van der Waals surface area contributed by atoms with Gasteiger partial charge in [0.2, 0.25) is 5.91 Å². The summed E-state index contributed by atoms with van der Waals surface area (Å²) in [5.74, 6) is 0.487. The molecule has 1 atom stereocenters. The van der Waals surface area contributed by atoms with Crippen molar-refractivity contribution in [3.05, 3.63) is 101 Å². The lowest BCUT2D eigenvalue weighted by Crippen LogP contribution is -2.42. The Morgan fingerprint density at radius 2 is 1.81 bits per heavy atom. The number of amides is 1. The van der Waals surface area contributed by atoms with E-state index in [1.165, 1.54) is 12.1 Å². The minimum absolute atomic E-state index is 0.130. The number of alkyl halides is 3. The molecule has 0 fully saturated rings. The van der Waals surface area contributed by atoms with Crippen LogP contribution >= 0.6 is 0 Å². The Morgan fingerprint density at radius 1 is 1.06 bits per heavy atom. The largest absolute Gasteiger partial charge is 0.497 e. The van der Waals surface area contributed by atoms with E-state index in [9.17, 15) is 18.0 Å². The monoisotopic (exact) mass is 494 g/mol. The standard InChI is InChI=1S/C28H25F3N2O3/c1-35-21-11-12-24-23(15-21)22-13-14-33(25(34)17-36-16-18-5-3-2-4-6-18)27(26(22)32-24)19-7-9-20(10-8-19)28(29,30)31/h2-12,15,27,32H,13-14,16-17H2,1H3/t27-/m1/s1. The lowest BCUT2D eigenvalue weighted by atomic mass is 9.91. The van der Waals surface area contributed by atoms with Crippen LogP contribution in [-0.4, -0.2) is 36.1 Å². The Balaban J connectivity index is 1.48. The number of hydrogen-bond acceptors (Lipinski definition) is 3. The molecule has 3 aromatic carbocycles. The molecule has 186 valence electrons. The number of rotatable bonds is 6. The van der Waals surface area contributed by atoms with E-state index in [4.69, 9.17) is 9.47 Å². The van der Waals surface area contributed by atoms with Gasteiger partial charge in [0, 0.05) is 23.1 Å². The molecule has 0 saturated carbocycles. The first-order valence-corrected chi connectivity index (χ1v) is 11.6. The van der Waals surface area contributed by atoms with E-state index in [0.29, 0.717) is 30.9 Å². The first kappa shape index (κ1) is 23.9. The van der Waals surface area contributed by atoms with Crippen LogP contribution in [0, 0.1) is 0 Å². The minimum atomic E-state index is -4.44. The number of ether oxygens (including phenoxy) is 2. The predicted octanol–water partition coefficient (Wildman–Crippen LogP) is 5.89. The van der Waals surface area contributed by atoms with Gasteiger partial charge in [0.25, 0.3) is 0 Å². The number of hydrogen-bond donors (Lipinski definition) is 1. The van der Waals surface area contributed by atoms with E-state index in [1.807, 2.05) is 48.5 Å². The van der Waals surface area contributed by atoms with Gasteiger partial charge >= 0.3 is 6.18 Å². The molecule has 1 aliphatic rings. The van der Waals surface area contributed by atoms with Crippen molar-refractivity contribution in [2.75, 3.05) is 20.3 Å². The quantitative estimate of drug-likeness (QED) is 0.364. The molecular weight excluding hydrogens is 469 g/mol. The molecule has 1 N–H and O–H groups in total. The van der Waals surface area contributed by atoms with E-state index in [0.717, 1.165) is 39.9 Å². The summed E-state index contributed by atoms with van der Waals surface area (Å²) < 4.78 is 50.7. The summed E-state index contributed by atoms with van der Waals surface area (Å²) in [5.41, 5.74) is 3.53. The highest BCUT2D eigenvalue weighted by Crippen LogP contribution is 2.40. The Kier molecular flexibility index (Phi) is 6.45. The molecule has 5 rings (SSSR count). The molecule has 0 radical (unpaired) electrons. The number of nitrogens with one attached hydrogen (secondary N) is 1. The van der Waals surface area contributed by atoms with Gasteiger partial charge in [-0.2, -0.15) is 13.2 Å². The van der Waals surface area contributed by atoms with E-state index in [-0.39, 0.29) is 12.5 Å². The number of methoxy groups -OCH3 is 1. The smallest absolute Gasteiger partial charge is 0.416 e. The summed E-state index contributed by atoms with van der Waals surface area (Å²) >= 11 is 0. The Hall–Kier alpha value is -3.78. The van der Waals surface area contributed by atoms with Gasteiger partial charge in [0.1, 0.15) is 12.4 Å². The van der Waals surface area contributed by atoms with Crippen molar-refractivity contribution in [3.63, 3.8) is 0 Å². The number of carbonyl (C=O) groups is 1. The van der Waals surface area contributed by atoms with Crippen LogP contribution < -0.4 is 4.74 Å². The van der Waals surface area contributed by atoms with Gasteiger partial charge in [0.15, 0.2) is 0 Å². The first-order chi connectivity index (χ1) is 17.3. The average Bonchev–Trinajstić information content (AvgIpc) is 3.26. The number of benzene rings is 3. The van der Waals surface area contributed by atoms with Gasteiger partial charge < -0.3 is 19.4 Å². The van der Waals surface area contributed by atoms with E-state index in [2.05, 4.69) is 4.98 Å². The molecule has 0 saturated heterocycles. The number of halogens is 3. The highest BCUT2D eigenvalue weighted by Gasteiger charge is 2.36. The van der Waals surface area contributed by atoms with Crippen LogP contribution in [0.15, 0.2) is 72.8 Å². The SMILES string of the molecule is COc1ccc2[nH]c3c(c2c1)CCN(C(=O)COCc1ccccc1)[C@@H]3c1ccc(C(F)(F)F)cc1. The molecule has 4 aromatic rings. The van der Waals surface area contributed by atoms with Gasteiger partial charge in [0.05, 0.1) is 25.3 Å². The average molecular weight is 495 g/mol. The third-order valence-corrected chi connectivity index (χ3v) is 6.55. The van der Waals surface area contributed by atoms with Gasteiger partial charge in [-0.3, -0.25) is 4.79 Å². The lowest BCUT2D eigenvalue weighted by molar-refractivity contribution is -0.139. The Labute approximate surface area is 206 Å². The third kappa shape index (κ3) is 4.68. The summed E-state index contributed by atoms with van der Waals surface area (Å²) in [6.45, 7) is 0.578. The molecule has 1 amide bonds. The van der Waals surface area contributed by atoms with Crippen molar-refractivity contribution in [3.8, 4) is 5.75 Å². The summed E-state index contributed by atoms with van der Waals surface area (Å²) in [4.78, 5) is 18.4. The van der Waals surface area contributed by atoms with Crippen molar-refractivity contribution in [1.82, 2.24) is 9.88 Å². The fourth-order valence-electron chi connectivity index (χ4n) is 4.78. The first-order valence-electron chi connectivity index (χ1n) is 11.6. The van der Waals surface area contributed by atoms with Crippen molar-refractivity contribution in [2.24, 2.45) is 0 Å². The molecule has 0 unspecified atom stereocenters. The normalized spacial score (nSPS) is 15.7. The van der Waals surface area contributed by atoms with Gasteiger partial charge in [-0.1, -0.05) is 42.5 Å². The highest BCUT2D eigenvalue weighted by atomic mass is 19.4. The maximum atomic E-state index is 13.3. The molecule has 0 aliphatic carbocycles. The highest BCUT2D eigenvalue weighted by molar-refractivity contribution is 5.88.